The van der Waals surface area contributed by atoms with Crippen LogP contribution in [0.15, 0.2) is 0 Å². The van der Waals surface area contributed by atoms with Gasteiger partial charge in [0.1, 0.15) is 10.5 Å². The van der Waals surface area contributed by atoms with Crippen molar-refractivity contribution >= 4 is 10.5 Å². The predicted molar refractivity (Wildman–Crippen MR) is 13.3 cm³/mol. The number of hydrogen-bond acceptors (Lipinski definition) is 1. The standard InChI is InChI=1S/K.H4OSi.Ti.H/c;1-2;;/h;1H,2H3;;/q+1;;;-1. The third kappa shape index (κ3) is 8.82. The molecule has 0 aliphatic carbocycles. The second-order valence-corrected chi connectivity index (χ2v) is 0. The van der Waals surface area contributed by atoms with Crippen LogP contribution >= 0.6 is 0 Å². The molecule has 0 bridgehead atoms. The fraction of sp³-hybridized carbons (Fsp3) is 0. The van der Waals surface area contributed by atoms with E-state index in [1.807, 2.05) is 0 Å². The van der Waals surface area contributed by atoms with Gasteiger partial charge in [-0.3, -0.25) is 0 Å². The van der Waals surface area contributed by atoms with E-state index in [2.05, 4.69) is 0 Å². The summed E-state index contributed by atoms with van der Waals surface area (Å²) in [6.45, 7) is 0. The molecule has 0 aliphatic heterocycles. The maximum Gasteiger partial charge on any atom is 1.00 e. The summed E-state index contributed by atoms with van der Waals surface area (Å²) < 4.78 is 0. The maximum absolute atomic E-state index is 7.14. The van der Waals surface area contributed by atoms with Crippen molar-refractivity contribution in [2.24, 2.45) is 0 Å². The third-order valence-electron chi connectivity index (χ3n) is 0. The molecule has 4 heavy (non-hydrogen) atoms. The first-order valence-electron chi connectivity index (χ1n) is 0.447. The fourth-order valence-corrected chi connectivity index (χ4v) is 0. The van der Waals surface area contributed by atoms with Gasteiger partial charge in [-0.15, -0.1) is 0 Å². The molecule has 0 rings (SSSR count). The summed E-state index contributed by atoms with van der Waals surface area (Å²) in [7, 11) is 0.306. The smallest absolute Gasteiger partial charge is 1.00 e. The van der Waals surface area contributed by atoms with Crippen molar-refractivity contribution in [3.63, 3.8) is 0 Å². The minimum Gasteiger partial charge on any atom is -1.00 e. The molecular formula is H5KOSiTi. The molecular weight excluding hydrogens is 131 g/mol. The van der Waals surface area contributed by atoms with Crippen LogP contribution in [0.25, 0.3) is 0 Å². The molecule has 1 N–H and O–H groups in total. The van der Waals surface area contributed by atoms with Crippen LogP contribution in [0.3, 0.4) is 0 Å². The van der Waals surface area contributed by atoms with Crippen LogP contribution in [0.2, 0.25) is 0 Å². The van der Waals surface area contributed by atoms with E-state index in [4.69, 9.17) is 4.80 Å². The van der Waals surface area contributed by atoms with E-state index in [9.17, 15) is 0 Å². The first-order chi connectivity index (χ1) is 1.00. The summed E-state index contributed by atoms with van der Waals surface area (Å²) in [6.07, 6.45) is 0. The Bertz CT molecular complexity index is 11.6. The van der Waals surface area contributed by atoms with Gasteiger partial charge >= 0.3 is 51.4 Å². The summed E-state index contributed by atoms with van der Waals surface area (Å²) in [5, 5.41) is 0. The van der Waals surface area contributed by atoms with Crippen molar-refractivity contribution in [2.75, 3.05) is 0 Å². The minimum absolute atomic E-state index is 0. The zero-order chi connectivity index (χ0) is 2.00. The van der Waals surface area contributed by atoms with Crippen molar-refractivity contribution in [1.29, 1.82) is 0 Å². The van der Waals surface area contributed by atoms with E-state index in [1.165, 1.54) is 0 Å². The summed E-state index contributed by atoms with van der Waals surface area (Å²) in [5.41, 5.74) is 0. The molecule has 0 amide bonds. The van der Waals surface area contributed by atoms with Crippen molar-refractivity contribution in [3.8, 4) is 0 Å². The zero-order valence-electron chi connectivity index (χ0n) is 3.95. The molecule has 1 nitrogen and oxygen atoms in total. The van der Waals surface area contributed by atoms with Gasteiger partial charge in [0.15, 0.2) is 0 Å². The molecule has 20 valence electrons. The van der Waals surface area contributed by atoms with E-state index >= 15 is 0 Å². The van der Waals surface area contributed by atoms with Gasteiger partial charge in [0.2, 0.25) is 0 Å². The molecule has 0 radical (unpaired) electrons. The van der Waals surface area contributed by atoms with Crippen molar-refractivity contribution in [3.05, 3.63) is 0 Å². The SMILES string of the molecule is O[SiH3].[H-].[K+].[Ti]. The molecule has 0 aromatic heterocycles. The Balaban J connectivity index is -0.00000000167. The molecule has 0 fully saturated rings. The third-order valence-corrected chi connectivity index (χ3v) is 0. The van der Waals surface area contributed by atoms with Gasteiger partial charge in [-0.25, -0.2) is 0 Å². The van der Waals surface area contributed by atoms with Gasteiger partial charge in [-0.2, -0.15) is 0 Å². The molecule has 0 spiro atoms. The number of hydrogen-bond donors (Lipinski definition) is 1. The Labute approximate surface area is 87.9 Å². The molecule has 0 atom stereocenters. The van der Waals surface area contributed by atoms with E-state index in [0.29, 0.717) is 10.5 Å². The molecule has 0 aliphatic rings. The Hall–Kier alpha value is 2.53. The summed E-state index contributed by atoms with van der Waals surface area (Å²) in [6, 6.07) is 0. The second-order valence-electron chi connectivity index (χ2n) is 0. The van der Waals surface area contributed by atoms with Gasteiger partial charge in [-0.05, 0) is 0 Å². The minimum atomic E-state index is 0. The average Bonchev–Trinajstić information content (AvgIpc) is 1.00. The average molecular weight is 136 g/mol. The monoisotopic (exact) mass is 136 g/mol. The number of rotatable bonds is 0. The van der Waals surface area contributed by atoms with Crippen LogP contribution in [0.5, 0.6) is 0 Å². The Kier molecular flexibility index (Phi) is 71.1. The van der Waals surface area contributed by atoms with Crippen LogP contribution in [-0.4, -0.2) is 15.3 Å². The molecule has 0 saturated heterocycles. The van der Waals surface area contributed by atoms with Gasteiger partial charge in [-0.1, -0.05) is 0 Å². The van der Waals surface area contributed by atoms with Crippen molar-refractivity contribution in [2.45, 2.75) is 0 Å². The van der Waals surface area contributed by atoms with E-state index in [0.717, 1.165) is 0 Å². The van der Waals surface area contributed by atoms with Gasteiger partial charge in [0, 0.05) is 21.7 Å². The van der Waals surface area contributed by atoms with E-state index in [1.54, 1.807) is 0 Å². The van der Waals surface area contributed by atoms with Crippen LogP contribution in [0.4, 0.5) is 0 Å². The second kappa shape index (κ2) is 17.7. The fourth-order valence-electron chi connectivity index (χ4n) is 0. The molecule has 4 heteroatoms. The van der Waals surface area contributed by atoms with Gasteiger partial charge in [0.05, 0.1) is 0 Å². The molecule has 0 heterocycles. The van der Waals surface area contributed by atoms with Crippen LogP contribution in [0, 0.1) is 0 Å². The predicted octanol–water partition coefficient (Wildman–Crippen LogP) is -4.63. The first kappa shape index (κ1) is 16.0. The maximum atomic E-state index is 7.14. The molecule has 0 aromatic carbocycles. The van der Waals surface area contributed by atoms with Crippen LogP contribution in [0.1, 0.15) is 1.43 Å². The zero-order valence-corrected chi connectivity index (χ0v) is 9.63. The topological polar surface area (TPSA) is 20.2 Å². The van der Waals surface area contributed by atoms with Crippen LogP contribution < -0.4 is 51.4 Å². The molecule has 0 aromatic rings. The Morgan fingerprint density at radius 3 is 1.50 bits per heavy atom. The van der Waals surface area contributed by atoms with Crippen molar-refractivity contribution in [1.82, 2.24) is 0 Å². The van der Waals surface area contributed by atoms with Crippen molar-refractivity contribution < 1.29 is 79.3 Å². The normalized spacial score (nSPS) is 2.25. The molecule has 0 unspecified atom stereocenters. The Morgan fingerprint density at radius 2 is 1.50 bits per heavy atom. The summed E-state index contributed by atoms with van der Waals surface area (Å²) in [5.74, 6) is 0. The molecule has 0 saturated carbocycles. The summed E-state index contributed by atoms with van der Waals surface area (Å²) in [4.78, 5) is 7.14. The largest absolute Gasteiger partial charge is 1.00 e. The van der Waals surface area contributed by atoms with Gasteiger partial charge < -0.3 is 6.22 Å². The van der Waals surface area contributed by atoms with Gasteiger partial charge in [0.25, 0.3) is 0 Å². The summed E-state index contributed by atoms with van der Waals surface area (Å²) >= 11 is 0. The van der Waals surface area contributed by atoms with E-state index in [-0.39, 0.29) is 74.5 Å². The Morgan fingerprint density at radius 1 is 1.50 bits per heavy atom. The van der Waals surface area contributed by atoms with Crippen LogP contribution in [-0.2, 0) is 21.7 Å². The van der Waals surface area contributed by atoms with E-state index < -0.39 is 0 Å². The first-order valence-corrected chi connectivity index (χ1v) is 1.34. The quantitative estimate of drug-likeness (QED) is 0.332.